The normalized spacial score (nSPS) is 20.2. The van der Waals surface area contributed by atoms with Crippen LogP contribution in [0.2, 0.25) is 0 Å². The van der Waals surface area contributed by atoms with E-state index in [1.807, 2.05) is 0 Å². The molecular weight excluding hydrogens is 222 g/mol. The van der Waals surface area contributed by atoms with Crippen LogP contribution in [0.25, 0.3) is 0 Å². The number of fused-ring (bicyclic) bond motifs is 1. The third-order valence-corrected chi connectivity index (χ3v) is 3.98. The number of benzene rings is 1. The summed E-state index contributed by atoms with van der Waals surface area (Å²) in [5, 5.41) is 13.4. The number of hydrogen-bond acceptors (Lipinski definition) is 2. The van der Waals surface area contributed by atoms with E-state index in [-0.39, 0.29) is 6.10 Å². The fourth-order valence-corrected chi connectivity index (χ4v) is 2.67. The Kier molecular flexibility index (Phi) is 4.41. The molecule has 1 aromatic rings. The molecule has 0 saturated heterocycles. The van der Waals surface area contributed by atoms with E-state index >= 15 is 0 Å². The maximum Gasteiger partial charge on any atom is 0.0575 e. The molecule has 2 nitrogen and oxygen atoms in total. The Balaban J connectivity index is 1.88. The third kappa shape index (κ3) is 3.12. The number of hydrogen-bond donors (Lipinski definition) is 2. The molecule has 2 atom stereocenters. The minimum atomic E-state index is -0.184. The number of aliphatic hydroxyl groups is 1. The number of nitrogens with one attached hydrogen (secondary N) is 1. The van der Waals surface area contributed by atoms with Crippen molar-refractivity contribution in [1.82, 2.24) is 5.32 Å². The second-order valence-electron chi connectivity index (χ2n) is 5.85. The molecule has 0 spiro atoms. The molecule has 2 N–H and O–H groups in total. The fourth-order valence-electron chi connectivity index (χ4n) is 2.67. The van der Waals surface area contributed by atoms with Gasteiger partial charge in [0, 0.05) is 6.04 Å². The molecule has 0 heterocycles. The van der Waals surface area contributed by atoms with Gasteiger partial charge >= 0.3 is 0 Å². The molecule has 2 heteroatoms. The second kappa shape index (κ2) is 5.85. The lowest BCUT2D eigenvalue weighted by atomic mass is 10.0. The molecule has 0 amide bonds. The second-order valence-corrected chi connectivity index (χ2v) is 5.85. The molecule has 0 fully saturated rings. The molecule has 1 aliphatic carbocycles. The van der Waals surface area contributed by atoms with Gasteiger partial charge < -0.3 is 10.4 Å². The summed E-state index contributed by atoms with van der Waals surface area (Å²) in [6.45, 7) is 7.19. The molecule has 0 radical (unpaired) electrons. The number of rotatable bonds is 5. The Morgan fingerprint density at radius 2 is 2.17 bits per heavy atom. The van der Waals surface area contributed by atoms with Crippen LogP contribution in [0.3, 0.4) is 0 Å². The summed E-state index contributed by atoms with van der Waals surface area (Å²) in [7, 11) is 0. The zero-order valence-corrected chi connectivity index (χ0v) is 11.7. The highest BCUT2D eigenvalue weighted by Crippen LogP contribution is 2.31. The van der Waals surface area contributed by atoms with Crippen LogP contribution >= 0.6 is 0 Å². The van der Waals surface area contributed by atoms with Gasteiger partial charge in [-0.3, -0.25) is 0 Å². The van der Waals surface area contributed by atoms with E-state index in [9.17, 15) is 5.11 Å². The van der Waals surface area contributed by atoms with Gasteiger partial charge in [0.2, 0.25) is 0 Å². The SMILES string of the molecule is Cc1ccc2c(c1)C(NCCC(O)C(C)C)CC2. The monoisotopic (exact) mass is 247 g/mol. The molecular formula is C16H25NO. The minimum Gasteiger partial charge on any atom is -0.393 e. The van der Waals surface area contributed by atoms with Gasteiger partial charge in [0.15, 0.2) is 0 Å². The van der Waals surface area contributed by atoms with Crippen LogP contribution in [0.15, 0.2) is 18.2 Å². The average molecular weight is 247 g/mol. The summed E-state index contributed by atoms with van der Waals surface area (Å²) in [4.78, 5) is 0. The summed E-state index contributed by atoms with van der Waals surface area (Å²) in [6.07, 6.45) is 3.03. The highest BCUT2D eigenvalue weighted by molar-refractivity contribution is 5.37. The summed E-state index contributed by atoms with van der Waals surface area (Å²) in [6, 6.07) is 7.25. The predicted molar refractivity (Wildman–Crippen MR) is 75.7 cm³/mol. The lowest BCUT2D eigenvalue weighted by Crippen LogP contribution is -2.26. The number of aryl methyl sites for hydroxylation is 2. The van der Waals surface area contributed by atoms with Gasteiger partial charge in [-0.1, -0.05) is 37.6 Å². The summed E-state index contributed by atoms with van der Waals surface area (Å²) < 4.78 is 0. The molecule has 0 aromatic heterocycles. The molecule has 18 heavy (non-hydrogen) atoms. The fraction of sp³-hybridized carbons (Fsp3) is 0.625. The number of aliphatic hydroxyl groups excluding tert-OH is 1. The van der Waals surface area contributed by atoms with E-state index in [1.54, 1.807) is 0 Å². The molecule has 100 valence electrons. The van der Waals surface area contributed by atoms with E-state index in [2.05, 4.69) is 44.3 Å². The van der Waals surface area contributed by atoms with Gasteiger partial charge in [-0.15, -0.1) is 0 Å². The van der Waals surface area contributed by atoms with Crippen molar-refractivity contribution < 1.29 is 5.11 Å². The predicted octanol–water partition coefficient (Wildman–Crippen LogP) is 2.98. The molecule has 0 aliphatic heterocycles. The Morgan fingerprint density at radius 1 is 1.39 bits per heavy atom. The van der Waals surface area contributed by atoms with Gasteiger partial charge in [-0.2, -0.15) is 0 Å². The van der Waals surface area contributed by atoms with Crippen molar-refractivity contribution >= 4 is 0 Å². The molecule has 2 rings (SSSR count). The topological polar surface area (TPSA) is 32.3 Å². The molecule has 1 aromatic carbocycles. The van der Waals surface area contributed by atoms with Gasteiger partial charge in [0.1, 0.15) is 0 Å². The largest absolute Gasteiger partial charge is 0.393 e. The summed E-state index contributed by atoms with van der Waals surface area (Å²) >= 11 is 0. The quantitative estimate of drug-likeness (QED) is 0.838. The molecule has 2 unspecified atom stereocenters. The first-order valence-electron chi connectivity index (χ1n) is 7.09. The van der Waals surface area contributed by atoms with Crippen LogP contribution in [-0.2, 0) is 6.42 Å². The van der Waals surface area contributed by atoms with Gasteiger partial charge in [-0.25, -0.2) is 0 Å². The van der Waals surface area contributed by atoms with Crippen molar-refractivity contribution in [2.24, 2.45) is 5.92 Å². The van der Waals surface area contributed by atoms with Crippen LogP contribution in [0.5, 0.6) is 0 Å². The van der Waals surface area contributed by atoms with Gasteiger partial charge in [-0.05, 0) is 49.8 Å². The lowest BCUT2D eigenvalue weighted by Gasteiger charge is -2.18. The maximum absolute atomic E-state index is 9.80. The van der Waals surface area contributed by atoms with Crippen LogP contribution in [0, 0.1) is 12.8 Å². The first-order valence-corrected chi connectivity index (χ1v) is 7.09. The average Bonchev–Trinajstić information content (AvgIpc) is 2.71. The Labute approximate surface area is 110 Å². The van der Waals surface area contributed by atoms with Crippen molar-refractivity contribution in [3.63, 3.8) is 0 Å². The van der Waals surface area contributed by atoms with E-state index in [4.69, 9.17) is 0 Å². The van der Waals surface area contributed by atoms with Crippen LogP contribution in [0.1, 0.15) is 49.4 Å². The highest BCUT2D eigenvalue weighted by atomic mass is 16.3. The van der Waals surface area contributed by atoms with E-state index in [1.165, 1.54) is 29.5 Å². The van der Waals surface area contributed by atoms with E-state index in [0.717, 1.165) is 13.0 Å². The van der Waals surface area contributed by atoms with Gasteiger partial charge in [0.25, 0.3) is 0 Å². The first-order chi connectivity index (χ1) is 8.58. The molecule has 0 bridgehead atoms. The van der Waals surface area contributed by atoms with Crippen molar-refractivity contribution in [2.75, 3.05) is 6.54 Å². The van der Waals surface area contributed by atoms with Crippen molar-refractivity contribution in [3.05, 3.63) is 34.9 Å². The molecule has 1 aliphatic rings. The Morgan fingerprint density at radius 3 is 2.89 bits per heavy atom. The standard InChI is InChI=1S/C16H25NO/c1-11(2)16(18)8-9-17-15-7-6-13-5-4-12(3)10-14(13)15/h4-5,10-11,15-18H,6-9H2,1-3H3. The molecule has 0 saturated carbocycles. The lowest BCUT2D eigenvalue weighted by molar-refractivity contribution is 0.115. The zero-order chi connectivity index (χ0) is 13.1. The first kappa shape index (κ1) is 13.6. The van der Waals surface area contributed by atoms with Crippen LogP contribution in [-0.4, -0.2) is 17.8 Å². The summed E-state index contributed by atoms with van der Waals surface area (Å²) in [5.74, 6) is 0.352. The summed E-state index contributed by atoms with van der Waals surface area (Å²) in [5.41, 5.74) is 4.29. The Hall–Kier alpha value is -0.860. The minimum absolute atomic E-state index is 0.184. The maximum atomic E-state index is 9.80. The smallest absolute Gasteiger partial charge is 0.0575 e. The van der Waals surface area contributed by atoms with Crippen LogP contribution in [0.4, 0.5) is 0 Å². The van der Waals surface area contributed by atoms with E-state index < -0.39 is 0 Å². The van der Waals surface area contributed by atoms with E-state index in [0.29, 0.717) is 12.0 Å². The zero-order valence-electron chi connectivity index (χ0n) is 11.7. The Bertz CT molecular complexity index is 400. The van der Waals surface area contributed by atoms with Crippen LogP contribution < -0.4 is 5.32 Å². The van der Waals surface area contributed by atoms with Crippen molar-refractivity contribution in [1.29, 1.82) is 0 Å². The third-order valence-electron chi connectivity index (χ3n) is 3.98. The highest BCUT2D eigenvalue weighted by Gasteiger charge is 2.22. The van der Waals surface area contributed by atoms with Crippen molar-refractivity contribution in [3.8, 4) is 0 Å². The van der Waals surface area contributed by atoms with Gasteiger partial charge in [0.05, 0.1) is 6.10 Å². The van der Waals surface area contributed by atoms with Crippen molar-refractivity contribution in [2.45, 2.75) is 52.2 Å².